The molecule has 0 atom stereocenters. The molecule has 2 N–H and O–H groups in total. The quantitative estimate of drug-likeness (QED) is 0.591. The summed E-state index contributed by atoms with van der Waals surface area (Å²) in [5, 5.41) is 5.75. The monoisotopic (exact) mass is 427 g/mol. The molecule has 0 saturated carbocycles. The molecular weight excluding hydrogens is 418 g/mol. The van der Waals surface area contributed by atoms with Gasteiger partial charge in [-0.05, 0) is 18.2 Å². The van der Waals surface area contributed by atoms with Gasteiger partial charge in [-0.3, -0.25) is 0 Å². The molecular formula is C13H10Cl2F3N5O2S. The van der Waals surface area contributed by atoms with Gasteiger partial charge in [0.05, 0.1) is 11.4 Å². The van der Waals surface area contributed by atoms with E-state index in [2.05, 4.69) is 20.2 Å². The second-order valence-corrected chi connectivity index (χ2v) is 7.78. The van der Waals surface area contributed by atoms with Crippen LogP contribution in [0, 0.1) is 0 Å². The minimum absolute atomic E-state index is 0.0604. The first-order chi connectivity index (χ1) is 12.0. The van der Waals surface area contributed by atoms with Gasteiger partial charge in [-0.15, -0.1) is 10.2 Å². The maximum Gasteiger partial charge on any atom is 0.435 e. The van der Waals surface area contributed by atoms with E-state index in [0.717, 1.165) is 0 Å². The molecule has 0 bridgehead atoms. The molecule has 0 saturated heterocycles. The Morgan fingerprint density at radius 3 is 2.50 bits per heavy atom. The highest BCUT2D eigenvalue weighted by atomic mass is 35.5. The number of nitrogens with zero attached hydrogens (tertiary/aromatic N) is 4. The van der Waals surface area contributed by atoms with Gasteiger partial charge in [0.15, 0.2) is 26.5 Å². The van der Waals surface area contributed by atoms with Crippen LogP contribution in [0.2, 0.25) is 5.15 Å². The van der Waals surface area contributed by atoms with Crippen molar-refractivity contribution in [2.24, 2.45) is 4.99 Å². The highest BCUT2D eigenvalue weighted by Crippen LogP contribution is 2.30. The molecule has 0 aromatic carbocycles. The van der Waals surface area contributed by atoms with E-state index in [9.17, 15) is 21.6 Å². The van der Waals surface area contributed by atoms with Crippen LogP contribution in [0.15, 0.2) is 28.1 Å². The standard InChI is InChI=1S/C13H10Cl2F3N5O2S/c1-2-26(24,25)7-3-4-9(14)20-12(7)21-11(15)10-6(19)5-8(22-23-10)13(16,17)18/h3-5H,2H2,1H3,(H2,19,22). The first-order valence-electron chi connectivity index (χ1n) is 6.80. The number of hydrogen-bond acceptors (Lipinski definition) is 7. The van der Waals surface area contributed by atoms with Crippen LogP contribution in [0.1, 0.15) is 18.3 Å². The fourth-order valence-electron chi connectivity index (χ4n) is 1.74. The van der Waals surface area contributed by atoms with Crippen LogP contribution in [-0.2, 0) is 16.0 Å². The highest BCUT2D eigenvalue weighted by Gasteiger charge is 2.34. The molecule has 0 fully saturated rings. The summed E-state index contributed by atoms with van der Waals surface area (Å²) < 4.78 is 62.0. The predicted molar refractivity (Wildman–Crippen MR) is 90.5 cm³/mol. The number of alkyl halides is 3. The van der Waals surface area contributed by atoms with E-state index in [1.807, 2.05) is 0 Å². The molecule has 2 heterocycles. The first kappa shape index (κ1) is 20.3. The zero-order chi connectivity index (χ0) is 19.7. The minimum Gasteiger partial charge on any atom is -0.397 e. The third-order valence-corrected chi connectivity index (χ3v) is 5.26. The Bertz CT molecular complexity index is 980. The lowest BCUT2D eigenvalue weighted by Crippen LogP contribution is -2.13. The summed E-state index contributed by atoms with van der Waals surface area (Å²) in [6, 6.07) is 2.98. The predicted octanol–water partition coefficient (Wildman–Crippen LogP) is 3.24. The van der Waals surface area contributed by atoms with Crippen molar-refractivity contribution >= 4 is 49.7 Å². The molecule has 13 heteroatoms. The van der Waals surface area contributed by atoms with Crippen LogP contribution in [0.3, 0.4) is 0 Å². The van der Waals surface area contributed by atoms with Gasteiger partial charge < -0.3 is 5.73 Å². The van der Waals surface area contributed by atoms with Gasteiger partial charge in [0.1, 0.15) is 15.7 Å². The van der Waals surface area contributed by atoms with Crippen molar-refractivity contribution < 1.29 is 21.6 Å². The lowest BCUT2D eigenvalue weighted by atomic mass is 10.3. The third-order valence-electron chi connectivity index (χ3n) is 3.03. The zero-order valence-electron chi connectivity index (χ0n) is 12.9. The molecule has 0 amide bonds. The number of nitrogen functional groups attached to an aromatic ring is 1. The Morgan fingerprint density at radius 2 is 1.96 bits per heavy atom. The van der Waals surface area contributed by atoms with E-state index in [4.69, 9.17) is 28.9 Å². The lowest BCUT2D eigenvalue weighted by molar-refractivity contribution is -0.141. The molecule has 0 aliphatic rings. The summed E-state index contributed by atoms with van der Waals surface area (Å²) in [5.74, 6) is -0.580. The fraction of sp³-hybridized carbons (Fsp3) is 0.231. The van der Waals surface area contributed by atoms with Crippen LogP contribution >= 0.6 is 23.2 Å². The van der Waals surface area contributed by atoms with E-state index >= 15 is 0 Å². The number of aliphatic imine (C=N–C) groups is 1. The maximum absolute atomic E-state index is 12.6. The number of aromatic nitrogens is 3. The van der Waals surface area contributed by atoms with Gasteiger partial charge in [0, 0.05) is 0 Å². The molecule has 0 aliphatic carbocycles. The lowest BCUT2D eigenvalue weighted by Gasteiger charge is -2.08. The minimum atomic E-state index is -4.74. The van der Waals surface area contributed by atoms with Crippen LogP contribution in [0.5, 0.6) is 0 Å². The van der Waals surface area contributed by atoms with Crippen molar-refractivity contribution in [2.75, 3.05) is 11.5 Å². The Labute approximate surface area is 156 Å². The smallest absolute Gasteiger partial charge is 0.397 e. The van der Waals surface area contributed by atoms with Crippen molar-refractivity contribution in [3.8, 4) is 0 Å². The third kappa shape index (κ3) is 4.40. The van der Waals surface area contributed by atoms with Gasteiger partial charge in [-0.1, -0.05) is 30.1 Å². The molecule has 7 nitrogen and oxygen atoms in total. The van der Waals surface area contributed by atoms with Gasteiger partial charge in [0.25, 0.3) is 0 Å². The summed E-state index contributed by atoms with van der Waals surface area (Å²) in [7, 11) is -3.71. The molecule has 0 aliphatic heterocycles. The summed E-state index contributed by atoms with van der Waals surface area (Å²) in [4.78, 5) is 7.34. The van der Waals surface area contributed by atoms with E-state index in [-0.39, 0.29) is 27.3 Å². The molecule has 0 radical (unpaired) electrons. The van der Waals surface area contributed by atoms with Crippen LogP contribution in [-0.4, -0.2) is 34.5 Å². The van der Waals surface area contributed by atoms with Crippen molar-refractivity contribution in [3.05, 3.63) is 34.7 Å². The second-order valence-electron chi connectivity index (χ2n) is 4.79. The molecule has 0 spiro atoms. The van der Waals surface area contributed by atoms with Crippen molar-refractivity contribution in [1.29, 1.82) is 0 Å². The van der Waals surface area contributed by atoms with Crippen LogP contribution < -0.4 is 5.73 Å². The maximum atomic E-state index is 12.6. The first-order valence-corrected chi connectivity index (χ1v) is 9.20. The average molecular weight is 428 g/mol. The largest absolute Gasteiger partial charge is 0.435 e. The van der Waals surface area contributed by atoms with Gasteiger partial charge in [-0.2, -0.15) is 13.2 Å². The van der Waals surface area contributed by atoms with E-state index in [1.165, 1.54) is 19.1 Å². The van der Waals surface area contributed by atoms with Crippen LogP contribution in [0.25, 0.3) is 0 Å². The second kappa shape index (κ2) is 7.33. The number of anilines is 1. The number of sulfone groups is 1. The van der Waals surface area contributed by atoms with E-state index in [0.29, 0.717) is 6.07 Å². The Hall–Kier alpha value is -1.98. The summed E-state index contributed by atoms with van der Waals surface area (Å²) >= 11 is 11.7. The normalized spacial score (nSPS) is 13.1. The average Bonchev–Trinajstić information content (AvgIpc) is 2.53. The number of hydrogen-bond donors (Lipinski definition) is 1. The van der Waals surface area contributed by atoms with Crippen LogP contribution in [0.4, 0.5) is 24.7 Å². The van der Waals surface area contributed by atoms with E-state index < -0.39 is 32.6 Å². The van der Waals surface area contributed by atoms with Gasteiger partial charge >= 0.3 is 6.18 Å². The fourth-order valence-corrected chi connectivity index (χ4v) is 3.07. The van der Waals surface area contributed by atoms with Crippen molar-refractivity contribution in [1.82, 2.24) is 15.2 Å². The molecule has 2 aromatic rings. The topological polar surface area (TPSA) is 111 Å². The number of halogens is 5. The molecule has 140 valence electrons. The molecule has 2 aromatic heterocycles. The van der Waals surface area contributed by atoms with Gasteiger partial charge in [-0.25, -0.2) is 18.4 Å². The number of pyridine rings is 1. The molecule has 26 heavy (non-hydrogen) atoms. The van der Waals surface area contributed by atoms with Crippen molar-refractivity contribution in [2.45, 2.75) is 18.0 Å². The molecule has 2 rings (SSSR count). The Kier molecular flexibility index (Phi) is 5.73. The summed E-state index contributed by atoms with van der Waals surface area (Å²) in [6.07, 6.45) is -4.74. The van der Waals surface area contributed by atoms with E-state index in [1.54, 1.807) is 0 Å². The summed E-state index contributed by atoms with van der Waals surface area (Å²) in [6.45, 7) is 1.42. The zero-order valence-corrected chi connectivity index (χ0v) is 15.2. The Balaban J connectivity index is 2.56. The van der Waals surface area contributed by atoms with Gasteiger partial charge in [0.2, 0.25) is 0 Å². The SMILES string of the molecule is CCS(=O)(=O)c1ccc(Cl)nc1N=C(Cl)c1nnc(C(F)(F)F)cc1N. The Morgan fingerprint density at radius 1 is 1.31 bits per heavy atom. The summed E-state index contributed by atoms with van der Waals surface area (Å²) in [5.41, 5.74) is 3.41. The molecule has 0 unspecified atom stereocenters. The van der Waals surface area contributed by atoms with Crippen molar-refractivity contribution in [3.63, 3.8) is 0 Å². The number of nitrogens with two attached hydrogens (primary N) is 1. The highest BCUT2D eigenvalue weighted by molar-refractivity contribution is 7.91. The number of rotatable bonds is 4.